The van der Waals surface area contributed by atoms with Crippen LogP contribution in [0.2, 0.25) is 0 Å². The second-order valence-corrected chi connectivity index (χ2v) is 11.4. The van der Waals surface area contributed by atoms with Gasteiger partial charge in [0, 0.05) is 42.6 Å². The molecule has 0 amide bonds. The molecule has 0 saturated carbocycles. The van der Waals surface area contributed by atoms with Gasteiger partial charge in [-0.15, -0.1) is 0 Å². The van der Waals surface area contributed by atoms with Gasteiger partial charge in [0.2, 0.25) is 10.0 Å². The number of fused-ring (bicyclic) bond motifs is 1. The molecule has 0 aromatic heterocycles. The fraction of sp³-hybridized carbons (Fsp3) is 0.481. The Kier molecular flexibility index (Phi) is 7.55. The van der Waals surface area contributed by atoms with Crippen LogP contribution in [0.25, 0.3) is 0 Å². The van der Waals surface area contributed by atoms with Gasteiger partial charge in [-0.1, -0.05) is 68.2 Å². The first-order valence-electron chi connectivity index (χ1n) is 11.9. The summed E-state index contributed by atoms with van der Waals surface area (Å²) >= 11 is 0. The first kappa shape index (κ1) is 24.0. The van der Waals surface area contributed by atoms with Crippen molar-refractivity contribution in [2.45, 2.75) is 50.4 Å². The number of hydrogen-bond donors (Lipinski definition) is 1. The number of nitrogens with zero attached hydrogens (tertiary/aromatic N) is 2. The molecule has 0 spiro atoms. The van der Waals surface area contributed by atoms with Crippen molar-refractivity contribution < 1.29 is 13.5 Å². The smallest absolute Gasteiger partial charge is 0.218 e. The largest absolute Gasteiger partial charge is 0.395 e. The Hall–Kier alpha value is -2.17. The van der Waals surface area contributed by atoms with Crippen molar-refractivity contribution in [2.24, 2.45) is 5.92 Å². The zero-order valence-electron chi connectivity index (χ0n) is 19.5. The van der Waals surface area contributed by atoms with E-state index in [1.165, 1.54) is 0 Å². The van der Waals surface area contributed by atoms with Gasteiger partial charge in [0.1, 0.15) is 0 Å². The Morgan fingerprint density at radius 3 is 2.39 bits per heavy atom. The minimum Gasteiger partial charge on any atom is -0.395 e. The predicted molar refractivity (Wildman–Crippen MR) is 132 cm³/mol. The van der Waals surface area contributed by atoms with Crippen LogP contribution in [0.5, 0.6) is 0 Å². The average Bonchev–Trinajstić information content (AvgIpc) is 2.77. The van der Waals surface area contributed by atoms with Gasteiger partial charge in [-0.05, 0) is 42.6 Å². The number of benzene rings is 2. The maximum absolute atomic E-state index is 13.3. The van der Waals surface area contributed by atoms with Gasteiger partial charge in [0.05, 0.1) is 12.4 Å². The molecule has 33 heavy (non-hydrogen) atoms. The Morgan fingerprint density at radius 2 is 1.73 bits per heavy atom. The molecule has 2 aliphatic heterocycles. The van der Waals surface area contributed by atoms with E-state index >= 15 is 0 Å². The summed E-state index contributed by atoms with van der Waals surface area (Å²) in [7, 11) is -3.42. The molecule has 2 aromatic carbocycles. The summed E-state index contributed by atoms with van der Waals surface area (Å²) in [6, 6.07) is 17.7. The third-order valence-corrected chi connectivity index (χ3v) is 8.54. The highest BCUT2D eigenvalue weighted by Gasteiger charge is 2.50. The van der Waals surface area contributed by atoms with E-state index in [-0.39, 0.29) is 30.4 Å². The third-order valence-electron chi connectivity index (χ3n) is 6.72. The van der Waals surface area contributed by atoms with Crippen LogP contribution in [-0.2, 0) is 15.8 Å². The van der Waals surface area contributed by atoms with Crippen molar-refractivity contribution >= 4 is 10.0 Å². The second-order valence-electron chi connectivity index (χ2n) is 9.43. The Bertz CT molecular complexity index is 1090. The Morgan fingerprint density at radius 1 is 1.03 bits per heavy atom. The van der Waals surface area contributed by atoms with E-state index in [1.54, 1.807) is 4.31 Å². The van der Waals surface area contributed by atoms with Crippen LogP contribution in [0.4, 0.5) is 0 Å². The number of aliphatic hydroxyl groups is 1. The van der Waals surface area contributed by atoms with E-state index in [2.05, 4.69) is 42.7 Å². The molecule has 0 bridgehead atoms. The minimum absolute atomic E-state index is 0.0257. The molecule has 2 saturated heterocycles. The van der Waals surface area contributed by atoms with Crippen LogP contribution in [0.3, 0.4) is 0 Å². The molecule has 3 atom stereocenters. The Balaban J connectivity index is 1.55. The van der Waals surface area contributed by atoms with Crippen LogP contribution in [-0.4, -0.2) is 61.1 Å². The molecule has 2 aromatic rings. The number of hydrogen-bond acceptors (Lipinski definition) is 4. The molecular formula is C27H34N2O3S. The van der Waals surface area contributed by atoms with Gasteiger partial charge in [-0.3, -0.25) is 4.90 Å². The minimum atomic E-state index is -3.42. The molecule has 176 valence electrons. The molecule has 2 heterocycles. The van der Waals surface area contributed by atoms with Crippen LogP contribution >= 0.6 is 0 Å². The van der Waals surface area contributed by atoms with E-state index in [1.807, 2.05) is 42.5 Å². The summed E-state index contributed by atoms with van der Waals surface area (Å²) in [5, 5.41) is 10.1. The molecule has 4 rings (SSSR count). The second kappa shape index (κ2) is 10.4. The van der Waals surface area contributed by atoms with E-state index in [4.69, 9.17) is 0 Å². The molecule has 2 fully saturated rings. The van der Waals surface area contributed by atoms with E-state index in [0.717, 1.165) is 36.1 Å². The predicted octanol–water partition coefficient (Wildman–Crippen LogP) is 3.45. The van der Waals surface area contributed by atoms with Crippen LogP contribution < -0.4 is 0 Å². The molecule has 0 unspecified atom stereocenters. The molecule has 6 heteroatoms. The van der Waals surface area contributed by atoms with Gasteiger partial charge < -0.3 is 5.11 Å². The van der Waals surface area contributed by atoms with Crippen molar-refractivity contribution in [1.29, 1.82) is 0 Å². The molecule has 5 nitrogen and oxygen atoms in total. The van der Waals surface area contributed by atoms with Crippen molar-refractivity contribution in [3.63, 3.8) is 0 Å². The van der Waals surface area contributed by atoms with Gasteiger partial charge in [0.15, 0.2) is 0 Å². The highest BCUT2D eigenvalue weighted by atomic mass is 32.2. The molecule has 2 aliphatic rings. The van der Waals surface area contributed by atoms with Crippen molar-refractivity contribution in [1.82, 2.24) is 9.21 Å². The van der Waals surface area contributed by atoms with Gasteiger partial charge >= 0.3 is 0 Å². The van der Waals surface area contributed by atoms with Crippen molar-refractivity contribution in [2.75, 3.05) is 26.2 Å². The lowest BCUT2D eigenvalue weighted by Crippen LogP contribution is -2.67. The van der Waals surface area contributed by atoms with Crippen LogP contribution in [0.15, 0.2) is 54.6 Å². The standard InChI is InChI=1S/C27H34N2O3S/c1-21(2)10-11-22-12-14-24(15-13-22)27-25-18-28(16-6-7-17-29(25)26(27)19-30)33(31,32)20-23-8-4-3-5-9-23/h3-5,8-9,12-15,21,25-27,30H,6-7,16-20H2,1-2H3/t25-,26-,27-/m1/s1. The first-order chi connectivity index (χ1) is 15.9. The number of rotatable bonds is 5. The third kappa shape index (κ3) is 5.50. The van der Waals surface area contributed by atoms with E-state index < -0.39 is 10.0 Å². The molecular weight excluding hydrogens is 432 g/mol. The van der Waals surface area contributed by atoms with Crippen LogP contribution in [0, 0.1) is 17.8 Å². The normalized spacial score (nSPS) is 24.2. The lowest BCUT2D eigenvalue weighted by molar-refractivity contribution is -0.0554. The maximum Gasteiger partial charge on any atom is 0.218 e. The first-order valence-corrected chi connectivity index (χ1v) is 13.5. The summed E-state index contributed by atoms with van der Waals surface area (Å²) in [5.74, 6) is 6.84. The summed E-state index contributed by atoms with van der Waals surface area (Å²) < 4.78 is 28.3. The number of aliphatic hydroxyl groups excluding tert-OH is 1. The quantitative estimate of drug-likeness (QED) is 0.686. The molecule has 0 aliphatic carbocycles. The fourth-order valence-electron chi connectivity index (χ4n) is 5.05. The summed E-state index contributed by atoms with van der Waals surface area (Å²) in [4.78, 5) is 2.31. The van der Waals surface area contributed by atoms with E-state index in [9.17, 15) is 13.5 Å². The topological polar surface area (TPSA) is 60.9 Å². The fourth-order valence-corrected chi connectivity index (χ4v) is 6.64. The highest BCUT2D eigenvalue weighted by Crippen LogP contribution is 2.42. The zero-order valence-corrected chi connectivity index (χ0v) is 20.3. The van der Waals surface area contributed by atoms with Crippen molar-refractivity contribution in [3.05, 3.63) is 71.3 Å². The molecule has 0 radical (unpaired) electrons. The Labute approximate surface area is 198 Å². The summed E-state index contributed by atoms with van der Waals surface area (Å²) in [6.45, 7) is 6.14. The van der Waals surface area contributed by atoms with E-state index in [0.29, 0.717) is 19.0 Å². The van der Waals surface area contributed by atoms with Gasteiger partial charge in [-0.2, -0.15) is 0 Å². The maximum atomic E-state index is 13.3. The number of sulfonamides is 1. The highest BCUT2D eigenvalue weighted by molar-refractivity contribution is 7.88. The SMILES string of the molecule is CC(C)C#Cc1ccc([C@H]2[C@@H](CO)N3CCCCN(S(=O)(=O)Cc4ccccc4)C[C@H]23)cc1. The summed E-state index contributed by atoms with van der Waals surface area (Å²) in [6.07, 6.45) is 1.77. The lowest BCUT2D eigenvalue weighted by Gasteiger charge is -2.57. The zero-order chi connectivity index (χ0) is 23.4. The van der Waals surface area contributed by atoms with Crippen LogP contribution in [0.1, 0.15) is 49.3 Å². The summed E-state index contributed by atoms with van der Waals surface area (Å²) in [5.41, 5.74) is 2.94. The lowest BCUT2D eigenvalue weighted by atomic mass is 9.74. The molecule has 1 N–H and O–H groups in total. The van der Waals surface area contributed by atoms with Gasteiger partial charge in [0.25, 0.3) is 0 Å². The average molecular weight is 467 g/mol. The van der Waals surface area contributed by atoms with Gasteiger partial charge in [-0.25, -0.2) is 12.7 Å². The van der Waals surface area contributed by atoms with Crippen molar-refractivity contribution in [3.8, 4) is 11.8 Å². The monoisotopic (exact) mass is 466 g/mol.